The highest BCUT2D eigenvalue weighted by atomic mass is 16.4. The van der Waals surface area contributed by atoms with E-state index in [0.717, 1.165) is 6.42 Å². The number of carboxylic acids is 1. The molecule has 1 saturated heterocycles. The van der Waals surface area contributed by atoms with Crippen molar-refractivity contribution in [2.45, 2.75) is 63.6 Å². The summed E-state index contributed by atoms with van der Waals surface area (Å²) in [7, 11) is 0. The van der Waals surface area contributed by atoms with Gasteiger partial charge in [0.25, 0.3) is 0 Å². The van der Waals surface area contributed by atoms with Gasteiger partial charge in [-0.3, -0.25) is 9.59 Å². The number of terminal acetylenes is 1. The summed E-state index contributed by atoms with van der Waals surface area (Å²) < 4.78 is 0. The average molecular weight is 305 g/mol. The molecule has 1 unspecified atom stereocenters. The number of nitrogens with zero attached hydrogens (tertiary/aromatic N) is 3. The van der Waals surface area contributed by atoms with Crippen LogP contribution in [0.25, 0.3) is 0 Å². The highest BCUT2D eigenvalue weighted by Crippen LogP contribution is 2.40. The molecule has 1 fully saturated rings. The van der Waals surface area contributed by atoms with Crippen LogP contribution in [0, 0.1) is 18.3 Å². The lowest BCUT2D eigenvalue weighted by Crippen LogP contribution is -2.46. The van der Waals surface area contributed by atoms with Crippen molar-refractivity contribution < 1.29 is 14.7 Å². The van der Waals surface area contributed by atoms with E-state index in [1.165, 1.54) is 0 Å². The Morgan fingerprint density at radius 2 is 2.05 bits per heavy atom. The number of aliphatic carboxylic acids is 1. The molecule has 0 aromatic rings. The Hall–Kier alpha value is -1.90. The zero-order chi connectivity index (χ0) is 16.4. The molecule has 0 aromatic heterocycles. The Bertz CT molecular complexity index is 527. The van der Waals surface area contributed by atoms with E-state index in [9.17, 15) is 9.59 Å². The SMILES string of the molecule is C#CCCC1(CCC(=O)N2CCC(CC(=O)O)C2(C)C)N=N1. The van der Waals surface area contributed by atoms with E-state index in [1.54, 1.807) is 0 Å². The van der Waals surface area contributed by atoms with Gasteiger partial charge in [0.05, 0.1) is 6.42 Å². The molecule has 6 nitrogen and oxygen atoms in total. The van der Waals surface area contributed by atoms with Crippen molar-refractivity contribution in [1.82, 2.24) is 4.90 Å². The fourth-order valence-electron chi connectivity index (χ4n) is 3.27. The predicted molar refractivity (Wildman–Crippen MR) is 81.0 cm³/mol. The van der Waals surface area contributed by atoms with Crippen LogP contribution in [-0.4, -0.2) is 39.6 Å². The van der Waals surface area contributed by atoms with Crippen LogP contribution in [0.3, 0.4) is 0 Å². The van der Waals surface area contributed by atoms with Crippen molar-refractivity contribution in [3.63, 3.8) is 0 Å². The van der Waals surface area contributed by atoms with Crippen molar-refractivity contribution in [1.29, 1.82) is 0 Å². The van der Waals surface area contributed by atoms with Crippen LogP contribution >= 0.6 is 0 Å². The van der Waals surface area contributed by atoms with E-state index in [1.807, 2.05) is 18.7 Å². The second kappa shape index (κ2) is 6.07. The third kappa shape index (κ3) is 3.46. The summed E-state index contributed by atoms with van der Waals surface area (Å²) in [4.78, 5) is 25.3. The maximum absolute atomic E-state index is 12.5. The molecule has 0 radical (unpaired) electrons. The lowest BCUT2D eigenvalue weighted by molar-refractivity contribution is -0.141. The number of hydrogen-bond donors (Lipinski definition) is 1. The van der Waals surface area contributed by atoms with Gasteiger partial charge in [0, 0.05) is 37.8 Å². The molecular formula is C16H23N3O3. The van der Waals surface area contributed by atoms with Crippen molar-refractivity contribution in [3.05, 3.63) is 0 Å². The zero-order valence-electron chi connectivity index (χ0n) is 13.2. The summed E-state index contributed by atoms with van der Waals surface area (Å²) in [6, 6.07) is 0. The molecule has 2 aliphatic heterocycles. The summed E-state index contributed by atoms with van der Waals surface area (Å²) in [5, 5.41) is 17.1. The van der Waals surface area contributed by atoms with Crippen LogP contribution in [0.2, 0.25) is 0 Å². The zero-order valence-corrected chi connectivity index (χ0v) is 13.2. The second-order valence-electron chi connectivity index (χ2n) is 6.67. The van der Waals surface area contributed by atoms with Crippen molar-refractivity contribution in [2.75, 3.05) is 6.54 Å². The fourth-order valence-corrected chi connectivity index (χ4v) is 3.27. The first-order valence-electron chi connectivity index (χ1n) is 7.70. The fraction of sp³-hybridized carbons (Fsp3) is 0.750. The Balaban J connectivity index is 1.88. The highest BCUT2D eigenvalue weighted by molar-refractivity contribution is 5.78. The molecule has 0 bridgehead atoms. The van der Waals surface area contributed by atoms with Crippen LogP contribution in [0.1, 0.15) is 52.4 Å². The molecule has 2 aliphatic rings. The van der Waals surface area contributed by atoms with Crippen molar-refractivity contribution in [3.8, 4) is 12.3 Å². The topological polar surface area (TPSA) is 82.3 Å². The average Bonchev–Trinajstić information content (AvgIpc) is 3.15. The molecule has 0 spiro atoms. The van der Waals surface area contributed by atoms with Crippen molar-refractivity contribution in [2.24, 2.45) is 16.1 Å². The van der Waals surface area contributed by atoms with Crippen LogP contribution in [0.15, 0.2) is 10.2 Å². The van der Waals surface area contributed by atoms with Gasteiger partial charge in [-0.25, -0.2) is 0 Å². The summed E-state index contributed by atoms with van der Waals surface area (Å²) in [5.74, 6) is 1.81. The van der Waals surface area contributed by atoms with Gasteiger partial charge in [-0.1, -0.05) is 0 Å². The normalized spacial score (nSPS) is 24.0. The van der Waals surface area contributed by atoms with Gasteiger partial charge in [-0.05, 0) is 26.2 Å². The summed E-state index contributed by atoms with van der Waals surface area (Å²) >= 11 is 0. The summed E-state index contributed by atoms with van der Waals surface area (Å²) in [6.45, 7) is 4.52. The molecule has 2 heterocycles. The van der Waals surface area contributed by atoms with Crippen LogP contribution in [-0.2, 0) is 9.59 Å². The Kier molecular flexibility index (Phi) is 4.55. The smallest absolute Gasteiger partial charge is 0.303 e. The Labute approximate surface area is 131 Å². The first-order chi connectivity index (χ1) is 10.3. The van der Waals surface area contributed by atoms with Crippen LogP contribution in [0.5, 0.6) is 0 Å². The lowest BCUT2D eigenvalue weighted by Gasteiger charge is -2.36. The lowest BCUT2D eigenvalue weighted by atomic mass is 9.85. The van der Waals surface area contributed by atoms with Gasteiger partial charge in [-0.15, -0.1) is 12.3 Å². The number of hydrogen-bond acceptors (Lipinski definition) is 4. The molecule has 1 atom stereocenters. The maximum Gasteiger partial charge on any atom is 0.303 e. The van der Waals surface area contributed by atoms with Crippen LogP contribution in [0.4, 0.5) is 0 Å². The van der Waals surface area contributed by atoms with Crippen molar-refractivity contribution >= 4 is 11.9 Å². The molecule has 2 rings (SSSR count). The third-order valence-electron chi connectivity index (χ3n) is 4.91. The van der Waals surface area contributed by atoms with Crippen LogP contribution < -0.4 is 0 Å². The summed E-state index contributed by atoms with van der Waals surface area (Å²) in [5.41, 5.74) is -0.856. The number of likely N-dealkylation sites (tertiary alicyclic amines) is 1. The number of carboxylic acid groups (broad SMARTS) is 1. The highest BCUT2D eigenvalue weighted by Gasteiger charge is 2.45. The Morgan fingerprint density at radius 1 is 1.36 bits per heavy atom. The molecule has 1 N–H and O–H groups in total. The largest absolute Gasteiger partial charge is 0.481 e. The second-order valence-corrected chi connectivity index (χ2v) is 6.67. The molecule has 0 saturated carbocycles. The van der Waals surface area contributed by atoms with Gasteiger partial charge in [0.15, 0.2) is 5.66 Å². The molecule has 0 aliphatic carbocycles. The number of rotatable bonds is 7. The molecule has 22 heavy (non-hydrogen) atoms. The van der Waals surface area contributed by atoms with E-state index < -0.39 is 17.2 Å². The molecule has 1 amide bonds. The molecular weight excluding hydrogens is 282 g/mol. The molecule has 120 valence electrons. The van der Waals surface area contributed by atoms with E-state index in [4.69, 9.17) is 11.5 Å². The Morgan fingerprint density at radius 3 is 2.59 bits per heavy atom. The van der Waals surface area contributed by atoms with Gasteiger partial charge in [-0.2, -0.15) is 10.2 Å². The minimum atomic E-state index is -0.809. The van der Waals surface area contributed by atoms with Gasteiger partial charge >= 0.3 is 5.97 Å². The van der Waals surface area contributed by atoms with E-state index in [2.05, 4.69) is 16.1 Å². The number of amides is 1. The first kappa shape index (κ1) is 16.5. The monoisotopic (exact) mass is 305 g/mol. The predicted octanol–water partition coefficient (Wildman–Crippen LogP) is 2.44. The number of carbonyl (C=O) groups excluding carboxylic acids is 1. The van der Waals surface area contributed by atoms with E-state index in [-0.39, 0.29) is 18.2 Å². The van der Waals surface area contributed by atoms with E-state index >= 15 is 0 Å². The molecule has 6 heteroatoms. The minimum Gasteiger partial charge on any atom is -0.481 e. The van der Waals surface area contributed by atoms with Gasteiger partial charge in [0.2, 0.25) is 5.91 Å². The first-order valence-corrected chi connectivity index (χ1v) is 7.70. The van der Waals surface area contributed by atoms with E-state index in [0.29, 0.717) is 32.2 Å². The standard InChI is InChI=1S/C16H23N3O3/c1-4-5-8-16(17-18-16)9-6-13(20)19-10-7-12(11-14(21)22)15(19,2)3/h1,12H,5-11H2,2-3H3,(H,21,22). The summed E-state index contributed by atoms with van der Waals surface area (Å²) in [6.07, 6.45) is 8.36. The number of carbonyl (C=O) groups is 2. The third-order valence-corrected chi connectivity index (χ3v) is 4.91. The maximum atomic E-state index is 12.5. The molecule has 0 aromatic carbocycles. The van der Waals surface area contributed by atoms with Gasteiger partial charge in [0.1, 0.15) is 0 Å². The minimum absolute atomic E-state index is 0.000324. The quantitative estimate of drug-likeness (QED) is 0.733. The van der Waals surface area contributed by atoms with Gasteiger partial charge < -0.3 is 10.0 Å².